The highest BCUT2D eigenvalue weighted by atomic mass is 32.2. The van der Waals surface area contributed by atoms with Crippen molar-refractivity contribution in [2.45, 2.75) is 17.4 Å². The van der Waals surface area contributed by atoms with Crippen LogP contribution < -0.4 is 21.3 Å². The smallest absolute Gasteiger partial charge is 0.335 e. The predicted molar refractivity (Wildman–Crippen MR) is 174 cm³/mol. The number of aliphatic carboxylic acids is 1. The molecule has 0 aliphatic carbocycles. The van der Waals surface area contributed by atoms with Crippen LogP contribution in [-0.2, 0) is 28.3 Å². The van der Waals surface area contributed by atoms with E-state index in [-0.39, 0.29) is 22.4 Å². The molecule has 18 heteroatoms. The number of amides is 1. The van der Waals surface area contributed by atoms with Crippen LogP contribution in [0.25, 0.3) is 22.3 Å². The molecule has 3 aromatic carbocycles. The van der Waals surface area contributed by atoms with Gasteiger partial charge in [0.1, 0.15) is 23.2 Å². The Hall–Kier alpha value is -6.56. The van der Waals surface area contributed by atoms with Crippen LogP contribution in [0.5, 0.6) is 0 Å². The lowest BCUT2D eigenvalue weighted by Gasteiger charge is -2.16. The number of aromatic nitrogens is 6. The Morgan fingerprint density at radius 3 is 2.14 bits per heavy atom. The normalized spacial score (nSPS) is 12.1. The van der Waals surface area contributed by atoms with Crippen molar-refractivity contribution in [2.24, 2.45) is 7.05 Å². The summed E-state index contributed by atoms with van der Waals surface area (Å²) in [6, 6.07) is 12.0. The fourth-order valence-electron chi connectivity index (χ4n) is 5.14. The number of sulfonamides is 1. The zero-order valence-electron chi connectivity index (χ0n) is 25.7. The minimum Gasteiger partial charge on any atom is -0.480 e. The number of carbonyl (C=O) groups excluding carboxylic acids is 1. The van der Waals surface area contributed by atoms with E-state index >= 15 is 8.78 Å². The zero-order chi connectivity index (χ0) is 35.7. The minimum absolute atomic E-state index is 0.192. The van der Waals surface area contributed by atoms with Crippen LogP contribution >= 0.6 is 0 Å². The summed E-state index contributed by atoms with van der Waals surface area (Å²) in [5.41, 5.74) is -1.55. The second-order valence-electron chi connectivity index (χ2n) is 10.8. The Morgan fingerprint density at radius 2 is 1.52 bits per heavy atom. The van der Waals surface area contributed by atoms with Gasteiger partial charge in [0.25, 0.3) is 21.5 Å². The second-order valence-corrected chi connectivity index (χ2v) is 12.5. The van der Waals surface area contributed by atoms with Crippen LogP contribution in [0.3, 0.4) is 0 Å². The third kappa shape index (κ3) is 6.46. The second kappa shape index (κ2) is 13.2. The summed E-state index contributed by atoms with van der Waals surface area (Å²) in [5.74, 6) is -5.82. The molecule has 6 aromatic rings. The Bertz CT molecular complexity index is 2480. The lowest BCUT2D eigenvalue weighted by Crippen LogP contribution is -2.43. The highest BCUT2D eigenvalue weighted by Gasteiger charge is 2.27. The summed E-state index contributed by atoms with van der Waals surface area (Å²) in [5, 5.41) is 20.0. The van der Waals surface area contributed by atoms with Crippen molar-refractivity contribution in [2.75, 3.05) is 4.72 Å². The van der Waals surface area contributed by atoms with Crippen LogP contribution in [0.2, 0.25) is 0 Å². The van der Waals surface area contributed by atoms with Crippen molar-refractivity contribution in [3.8, 4) is 11.4 Å². The van der Waals surface area contributed by atoms with Gasteiger partial charge in [-0.3, -0.25) is 23.9 Å². The molecule has 1 amide bonds. The number of carbonyl (C=O) groups is 2. The van der Waals surface area contributed by atoms with Crippen molar-refractivity contribution in [3.63, 3.8) is 0 Å². The quantitative estimate of drug-likeness (QED) is 0.190. The van der Waals surface area contributed by atoms with Crippen molar-refractivity contribution in [1.82, 2.24) is 34.4 Å². The van der Waals surface area contributed by atoms with Crippen molar-refractivity contribution in [1.29, 1.82) is 0 Å². The number of rotatable bonds is 10. The van der Waals surface area contributed by atoms with Gasteiger partial charge in [0.05, 0.1) is 51.5 Å². The van der Waals surface area contributed by atoms with Crippen LogP contribution in [-0.4, -0.2) is 60.6 Å². The van der Waals surface area contributed by atoms with E-state index in [1.807, 2.05) is 4.72 Å². The summed E-state index contributed by atoms with van der Waals surface area (Å²) >= 11 is 0. The van der Waals surface area contributed by atoms with E-state index in [2.05, 4.69) is 20.5 Å². The molecule has 3 aromatic heterocycles. The molecule has 0 bridgehead atoms. The van der Waals surface area contributed by atoms with Gasteiger partial charge in [-0.1, -0.05) is 12.1 Å². The van der Waals surface area contributed by atoms with Gasteiger partial charge in [-0.15, -0.1) is 0 Å². The third-order valence-corrected chi connectivity index (χ3v) is 9.03. The van der Waals surface area contributed by atoms with Crippen molar-refractivity contribution < 1.29 is 31.9 Å². The molecule has 0 unspecified atom stereocenters. The van der Waals surface area contributed by atoms with E-state index < -0.39 is 62.1 Å². The average molecular weight is 703 g/mol. The summed E-state index contributed by atoms with van der Waals surface area (Å²) in [4.78, 5) is 55.9. The number of nitrogens with one attached hydrogen (secondary N) is 2. The Balaban J connectivity index is 1.17. The highest BCUT2D eigenvalue weighted by molar-refractivity contribution is 7.92. The highest BCUT2D eigenvalue weighted by Crippen LogP contribution is 2.23. The van der Waals surface area contributed by atoms with Crippen molar-refractivity contribution in [3.05, 3.63) is 135 Å². The monoisotopic (exact) mass is 702 g/mol. The van der Waals surface area contributed by atoms with Gasteiger partial charge in [-0.25, -0.2) is 31.4 Å². The number of carboxylic acid groups (broad SMARTS) is 1. The molecule has 50 heavy (non-hydrogen) atoms. The van der Waals surface area contributed by atoms with E-state index in [0.717, 1.165) is 4.57 Å². The standard InChI is InChI=1S/C32H24F2N8O7S/c1-40-27-17-35-11-10-23(27)30(44)41(32(40)47)20-4-2-18(3-5-20)14-26(31(45)46)38-29(43)28-24(33)15-19(16-25(28)34)39-50(48,49)22-8-6-21(7-9-22)42-36-12-13-37-42/h2-13,15-17,26,39H,14H2,1H3,(H,38,43)(H,45,46)/t26-/m0/s1. The lowest BCUT2D eigenvalue weighted by atomic mass is 10.0. The number of halogens is 2. The predicted octanol–water partition coefficient (Wildman–Crippen LogP) is 2.17. The summed E-state index contributed by atoms with van der Waals surface area (Å²) in [6.07, 6.45) is 5.33. The SMILES string of the molecule is Cn1c(=O)n(-c2ccc(C[C@H](NC(=O)c3c(F)cc(NS(=O)(=O)c4ccc(-n5nccn5)cc4)cc3F)C(=O)O)cc2)c(=O)c2ccncc21. The van der Waals surface area contributed by atoms with E-state index in [0.29, 0.717) is 28.9 Å². The molecule has 0 saturated heterocycles. The maximum Gasteiger partial charge on any atom is 0.335 e. The van der Waals surface area contributed by atoms with Gasteiger partial charge in [0.2, 0.25) is 0 Å². The van der Waals surface area contributed by atoms with Gasteiger partial charge in [-0.2, -0.15) is 15.0 Å². The maximum absolute atomic E-state index is 15.1. The van der Waals surface area contributed by atoms with E-state index in [4.69, 9.17) is 0 Å². The van der Waals surface area contributed by atoms with E-state index in [1.165, 1.54) is 95.8 Å². The molecule has 0 aliphatic heterocycles. The first-order valence-corrected chi connectivity index (χ1v) is 16.0. The molecule has 3 heterocycles. The Labute approximate surface area is 280 Å². The largest absolute Gasteiger partial charge is 0.480 e. The van der Waals surface area contributed by atoms with Gasteiger partial charge < -0.3 is 10.4 Å². The molecular weight excluding hydrogens is 678 g/mol. The van der Waals surface area contributed by atoms with Crippen LogP contribution in [0.4, 0.5) is 14.5 Å². The van der Waals surface area contributed by atoms with Crippen molar-refractivity contribution >= 4 is 38.5 Å². The first-order chi connectivity index (χ1) is 23.8. The van der Waals surface area contributed by atoms with Gasteiger partial charge in [0, 0.05) is 19.7 Å². The summed E-state index contributed by atoms with van der Waals surface area (Å²) < 4.78 is 60.1. The number of benzene rings is 3. The Morgan fingerprint density at radius 1 is 0.900 bits per heavy atom. The summed E-state index contributed by atoms with van der Waals surface area (Å²) in [6.45, 7) is 0. The van der Waals surface area contributed by atoms with E-state index in [1.54, 1.807) is 0 Å². The number of hydrogen-bond acceptors (Lipinski definition) is 9. The molecule has 0 fully saturated rings. The number of aryl methyl sites for hydroxylation is 1. The van der Waals surface area contributed by atoms with Crippen LogP contribution in [0.15, 0.2) is 106 Å². The van der Waals surface area contributed by atoms with Gasteiger partial charge >= 0.3 is 11.7 Å². The molecule has 254 valence electrons. The number of anilines is 1. The topological polar surface area (TPSA) is 200 Å². The van der Waals surface area contributed by atoms with E-state index in [9.17, 15) is 32.7 Å². The fourth-order valence-corrected chi connectivity index (χ4v) is 6.18. The first kappa shape index (κ1) is 33.3. The zero-order valence-corrected chi connectivity index (χ0v) is 26.5. The van der Waals surface area contributed by atoms with Crippen LogP contribution in [0.1, 0.15) is 15.9 Å². The number of pyridine rings is 1. The number of carboxylic acids is 1. The summed E-state index contributed by atoms with van der Waals surface area (Å²) in [7, 11) is -2.84. The molecule has 0 aliphatic rings. The molecule has 6 rings (SSSR count). The molecule has 0 spiro atoms. The molecule has 3 N–H and O–H groups in total. The number of nitrogens with zero attached hydrogens (tertiary/aromatic N) is 6. The molecular formula is C32H24F2N8O7S. The average Bonchev–Trinajstić information content (AvgIpc) is 3.63. The molecule has 15 nitrogen and oxygen atoms in total. The molecule has 0 saturated carbocycles. The molecule has 0 radical (unpaired) electrons. The van der Waals surface area contributed by atoms with Crippen LogP contribution in [0, 0.1) is 11.6 Å². The minimum atomic E-state index is -4.32. The number of hydrogen-bond donors (Lipinski definition) is 3. The first-order valence-electron chi connectivity index (χ1n) is 14.5. The van der Waals surface area contributed by atoms with Gasteiger partial charge in [-0.05, 0) is 60.2 Å². The fraction of sp³-hybridized carbons (Fsp3) is 0.0938. The van der Waals surface area contributed by atoms with Gasteiger partial charge in [0.15, 0.2) is 0 Å². The number of fused-ring (bicyclic) bond motifs is 1. The molecule has 1 atom stereocenters. The Kier molecular flexibility index (Phi) is 8.77. The maximum atomic E-state index is 15.1. The lowest BCUT2D eigenvalue weighted by molar-refractivity contribution is -0.139. The third-order valence-electron chi connectivity index (χ3n) is 7.63.